The van der Waals surface area contributed by atoms with Gasteiger partial charge in [0.2, 0.25) is 0 Å². The van der Waals surface area contributed by atoms with Gasteiger partial charge in [-0.25, -0.2) is 4.79 Å². The maximum Gasteiger partial charge on any atom is 0.321 e. The molecule has 0 aliphatic carbocycles. The van der Waals surface area contributed by atoms with Crippen molar-refractivity contribution in [2.24, 2.45) is 5.92 Å². The monoisotopic (exact) mass is 432 g/mol. The first kappa shape index (κ1) is 20.1. The molecule has 3 aromatic rings. The van der Waals surface area contributed by atoms with Crippen molar-refractivity contribution >= 4 is 17.6 Å². The third-order valence-corrected chi connectivity index (χ3v) is 6.17. The number of hydrogen-bond acceptors (Lipinski definition) is 4. The van der Waals surface area contributed by atoms with Crippen LogP contribution in [0.3, 0.4) is 0 Å². The second-order valence-corrected chi connectivity index (χ2v) is 8.37. The smallest absolute Gasteiger partial charge is 0.321 e. The summed E-state index contributed by atoms with van der Waals surface area (Å²) in [5, 5.41) is 5.72. The standard InChI is InChI=1S/C24H24N4O4/c29-22-5-1-4-21-18-11-16(14-28(21)22)13-27(15-18)24(31)26-19-8-6-17(7-9-19)23(30)25-12-20-3-2-10-32-20/h1-10,16,18H,11-15H2,(H,25,30)(H,26,31)/t16-,18+/m0/s1. The first-order chi connectivity index (χ1) is 15.6. The minimum Gasteiger partial charge on any atom is -0.467 e. The van der Waals surface area contributed by atoms with Gasteiger partial charge < -0.3 is 24.5 Å². The first-order valence-corrected chi connectivity index (χ1v) is 10.7. The highest BCUT2D eigenvalue weighted by atomic mass is 16.3. The molecule has 164 valence electrons. The molecule has 0 unspecified atom stereocenters. The van der Waals surface area contributed by atoms with Crippen molar-refractivity contribution < 1.29 is 14.0 Å². The van der Waals surface area contributed by atoms with E-state index in [0.29, 0.717) is 43.2 Å². The highest BCUT2D eigenvalue weighted by molar-refractivity contribution is 5.95. The number of amides is 3. The number of aromatic nitrogens is 1. The molecule has 4 heterocycles. The minimum absolute atomic E-state index is 0.0309. The number of nitrogens with one attached hydrogen (secondary N) is 2. The van der Waals surface area contributed by atoms with Gasteiger partial charge in [-0.05, 0) is 54.8 Å². The Morgan fingerprint density at radius 2 is 1.84 bits per heavy atom. The van der Waals surface area contributed by atoms with Crippen LogP contribution in [0.15, 0.2) is 70.1 Å². The van der Waals surface area contributed by atoms with E-state index < -0.39 is 0 Å². The van der Waals surface area contributed by atoms with Crippen LogP contribution in [0.5, 0.6) is 0 Å². The molecule has 2 aliphatic rings. The molecule has 2 bridgehead atoms. The predicted octanol–water partition coefficient (Wildman–Crippen LogP) is 3.02. The van der Waals surface area contributed by atoms with Crippen LogP contribution in [0, 0.1) is 5.92 Å². The summed E-state index contributed by atoms with van der Waals surface area (Å²) in [6.45, 7) is 2.17. The lowest BCUT2D eigenvalue weighted by Gasteiger charge is -2.42. The van der Waals surface area contributed by atoms with E-state index in [1.54, 1.807) is 54.8 Å². The number of furan rings is 1. The van der Waals surface area contributed by atoms with Crippen LogP contribution in [-0.2, 0) is 13.1 Å². The molecule has 1 aromatic carbocycles. The summed E-state index contributed by atoms with van der Waals surface area (Å²) in [6.07, 6.45) is 2.56. The Kier molecular flexibility index (Phi) is 5.26. The predicted molar refractivity (Wildman–Crippen MR) is 118 cm³/mol. The second-order valence-electron chi connectivity index (χ2n) is 8.37. The third-order valence-electron chi connectivity index (χ3n) is 6.17. The number of pyridine rings is 1. The SMILES string of the molecule is O=C(NCc1ccco1)c1ccc(NC(=O)N2C[C@@H]3C[C@H](C2)c2cccc(=O)n2C3)cc1. The largest absolute Gasteiger partial charge is 0.467 e. The van der Waals surface area contributed by atoms with Crippen molar-refractivity contribution in [3.05, 3.63) is 88.2 Å². The molecule has 0 radical (unpaired) electrons. The molecule has 2 aromatic heterocycles. The fourth-order valence-corrected chi connectivity index (χ4v) is 4.65. The molecular formula is C24H24N4O4. The Morgan fingerprint density at radius 3 is 2.62 bits per heavy atom. The third kappa shape index (κ3) is 4.03. The van der Waals surface area contributed by atoms with Gasteiger partial charge in [0, 0.05) is 48.6 Å². The van der Waals surface area contributed by atoms with E-state index in [9.17, 15) is 14.4 Å². The van der Waals surface area contributed by atoms with Crippen LogP contribution in [0.25, 0.3) is 0 Å². The quantitative estimate of drug-likeness (QED) is 0.662. The summed E-state index contributed by atoms with van der Waals surface area (Å²) in [7, 11) is 0. The minimum atomic E-state index is -0.211. The normalized spacial score (nSPS) is 19.2. The number of rotatable bonds is 4. The summed E-state index contributed by atoms with van der Waals surface area (Å²) in [5.74, 6) is 0.910. The van der Waals surface area contributed by atoms with Gasteiger partial charge >= 0.3 is 6.03 Å². The molecule has 2 aliphatic heterocycles. The zero-order valence-electron chi connectivity index (χ0n) is 17.5. The Balaban J connectivity index is 1.20. The fourth-order valence-electron chi connectivity index (χ4n) is 4.65. The zero-order valence-corrected chi connectivity index (χ0v) is 17.5. The van der Waals surface area contributed by atoms with Gasteiger partial charge in [0.25, 0.3) is 11.5 Å². The summed E-state index contributed by atoms with van der Waals surface area (Å²) >= 11 is 0. The van der Waals surface area contributed by atoms with Crippen LogP contribution in [0.2, 0.25) is 0 Å². The molecule has 0 spiro atoms. The van der Waals surface area contributed by atoms with E-state index in [2.05, 4.69) is 10.6 Å². The maximum atomic E-state index is 12.9. The van der Waals surface area contributed by atoms with E-state index in [0.717, 1.165) is 12.1 Å². The Morgan fingerprint density at radius 1 is 1.00 bits per heavy atom. The van der Waals surface area contributed by atoms with Crippen LogP contribution in [-0.4, -0.2) is 34.5 Å². The number of nitrogens with zero attached hydrogens (tertiary/aromatic N) is 2. The number of likely N-dealkylation sites (tertiary alicyclic amines) is 1. The molecule has 32 heavy (non-hydrogen) atoms. The van der Waals surface area contributed by atoms with Gasteiger partial charge in [0.1, 0.15) is 5.76 Å². The van der Waals surface area contributed by atoms with Gasteiger partial charge in [-0.2, -0.15) is 0 Å². The average molecular weight is 432 g/mol. The van der Waals surface area contributed by atoms with E-state index in [1.165, 1.54) is 0 Å². The summed E-state index contributed by atoms with van der Waals surface area (Å²) < 4.78 is 7.06. The van der Waals surface area contributed by atoms with Gasteiger partial charge in [0.15, 0.2) is 0 Å². The van der Waals surface area contributed by atoms with E-state index in [4.69, 9.17) is 4.42 Å². The van der Waals surface area contributed by atoms with Crippen molar-refractivity contribution in [3.63, 3.8) is 0 Å². The number of anilines is 1. The molecule has 2 atom stereocenters. The van der Waals surface area contributed by atoms with Crippen molar-refractivity contribution in [1.29, 1.82) is 0 Å². The lowest BCUT2D eigenvalue weighted by molar-refractivity contribution is 0.0948. The number of piperidine rings is 1. The number of benzene rings is 1. The van der Waals surface area contributed by atoms with Crippen molar-refractivity contribution in [1.82, 2.24) is 14.8 Å². The van der Waals surface area contributed by atoms with E-state index in [1.807, 2.05) is 15.5 Å². The molecule has 1 saturated heterocycles. The lowest BCUT2D eigenvalue weighted by atomic mass is 9.83. The lowest BCUT2D eigenvalue weighted by Crippen LogP contribution is -2.50. The number of carbonyl (C=O) groups excluding carboxylic acids is 2. The van der Waals surface area contributed by atoms with Gasteiger partial charge in [-0.15, -0.1) is 0 Å². The Labute approximate surface area is 184 Å². The van der Waals surface area contributed by atoms with Gasteiger partial charge in [-0.1, -0.05) is 6.07 Å². The number of urea groups is 1. The molecule has 0 saturated carbocycles. The molecular weight excluding hydrogens is 408 g/mol. The Bertz CT molecular complexity index is 1180. The topological polar surface area (TPSA) is 96.6 Å². The van der Waals surface area contributed by atoms with Gasteiger partial charge in [0.05, 0.1) is 12.8 Å². The van der Waals surface area contributed by atoms with Crippen LogP contribution in [0.4, 0.5) is 10.5 Å². The Hall–Kier alpha value is -3.81. The van der Waals surface area contributed by atoms with Crippen LogP contribution in [0.1, 0.15) is 34.2 Å². The average Bonchev–Trinajstić information content (AvgIpc) is 3.32. The highest BCUT2D eigenvalue weighted by Crippen LogP contribution is 2.35. The van der Waals surface area contributed by atoms with Crippen molar-refractivity contribution in [2.45, 2.75) is 25.4 Å². The molecule has 2 N–H and O–H groups in total. The molecule has 1 fully saturated rings. The fraction of sp³-hybridized carbons (Fsp3) is 0.292. The highest BCUT2D eigenvalue weighted by Gasteiger charge is 2.36. The maximum absolute atomic E-state index is 12.9. The van der Waals surface area contributed by atoms with E-state index in [-0.39, 0.29) is 29.3 Å². The van der Waals surface area contributed by atoms with Crippen LogP contribution < -0.4 is 16.2 Å². The summed E-state index contributed by atoms with van der Waals surface area (Å²) in [6, 6.07) is 15.6. The number of hydrogen-bond donors (Lipinski definition) is 2. The van der Waals surface area contributed by atoms with Crippen molar-refractivity contribution in [3.8, 4) is 0 Å². The summed E-state index contributed by atoms with van der Waals surface area (Å²) in [5.41, 5.74) is 2.17. The van der Waals surface area contributed by atoms with Gasteiger partial charge in [-0.3, -0.25) is 9.59 Å². The van der Waals surface area contributed by atoms with Crippen molar-refractivity contribution in [2.75, 3.05) is 18.4 Å². The molecule has 3 amide bonds. The second kappa shape index (κ2) is 8.37. The molecule has 8 heteroatoms. The number of carbonyl (C=O) groups is 2. The summed E-state index contributed by atoms with van der Waals surface area (Å²) in [4.78, 5) is 39.2. The van der Waals surface area contributed by atoms with E-state index >= 15 is 0 Å². The first-order valence-electron chi connectivity index (χ1n) is 10.7. The molecule has 8 nitrogen and oxygen atoms in total. The number of fused-ring (bicyclic) bond motifs is 4. The zero-order chi connectivity index (χ0) is 22.1. The molecule has 5 rings (SSSR count). The van der Waals surface area contributed by atoms with Crippen LogP contribution >= 0.6 is 0 Å².